The molecule has 0 bridgehead atoms. The molecule has 1 saturated carbocycles. The van der Waals surface area contributed by atoms with Crippen LogP contribution in [-0.2, 0) is 4.57 Å². The summed E-state index contributed by atoms with van der Waals surface area (Å²) in [5.74, 6) is -0.134. The number of alkyl halides is 1. The Hall–Kier alpha value is -0.180. The Kier molecular flexibility index (Phi) is 4.50. The second kappa shape index (κ2) is 5.24. The number of halogens is 1. The molecule has 1 aliphatic carbocycles. The van der Waals surface area contributed by atoms with Crippen molar-refractivity contribution < 1.29 is 18.7 Å². The minimum atomic E-state index is -3.99. The molecular formula is C10H18FO3P. The zero-order valence-electron chi connectivity index (χ0n) is 8.90. The van der Waals surface area contributed by atoms with Crippen LogP contribution in [-0.4, -0.2) is 22.1 Å². The van der Waals surface area contributed by atoms with Gasteiger partial charge in [-0.1, -0.05) is 24.5 Å². The molecule has 0 aliphatic heterocycles. The first-order chi connectivity index (χ1) is 6.90. The lowest BCUT2D eigenvalue weighted by atomic mass is 9.83. The topological polar surface area (TPSA) is 57.5 Å². The maximum atomic E-state index is 13.5. The van der Waals surface area contributed by atoms with E-state index >= 15 is 0 Å². The van der Waals surface area contributed by atoms with Crippen LogP contribution in [0.1, 0.15) is 32.6 Å². The zero-order chi connectivity index (χ0) is 11.5. The van der Waals surface area contributed by atoms with Crippen LogP contribution in [0.25, 0.3) is 0 Å². The zero-order valence-corrected chi connectivity index (χ0v) is 9.79. The van der Waals surface area contributed by atoms with Crippen molar-refractivity contribution in [1.29, 1.82) is 0 Å². The van der Waals surface area contributed by atoms with Crippen molar-refractivity contribution in [3.8, 4) is 0 Å². The molecule has 0 spiro atoms. The summed E-state index contributed by atoms with van der Waals surface area (Å²) in [4.78, 5) is 17.4. The summed E-state index contributed by atoms with van der Waals surface area (Å²) >= 11 is 0. The molecule has 0 aromatic heterocycles. The summed E-state index contributed by atoms with van der Waals surface area (Å²) in [6, 6.07) is 0. The lowest BCUT2D eigenvalue weighted by Crippen LogP contribution is -2.21. The fourth-order valence-electron chi connectivity index (χ4n) is 2.01. The Morgan fingerprint density at radius 3 is 2.60 bits per heavy atom. The van der Waals surface area contributed by atoms with Crippen LogP contribution in [0.2, 0.25) is 0 Å². The Morgan fingerprint density at radius 2 is 2.07 bits per heavy atom. The van der Waals surface area contributed by atoms with E-state index in [9.17, 15) is 8.96 Å². The molecule has 0 aromatic rings. The molecule has 1 rings (SSSR count). The van der Waals surface area contributed by atoms with Crippen molar-refractivity contribution in [2.24, 2.45) is 5.92 Å². The van der Waals surface area contributed by atoms with E-state index in [4.69, 9.17) is 9.79 Å². The minimum Gasteiger partial charge on any atom is -0.324 e. The molecule has 0 heterocycles. The highest BCUT2D eigenvalue weighted by atomic mass is 31.2. The predicted octanol–water partition coefficient (Wildman–Crippen LogP) is 2.64. The Morgan fingerprint density at radius 1 is 1.47 bits per heavy atom. The van der Waals surface area contributed by atoms with Gasteiger partial charge in [-0.2, -0.15) is 0 Å². The van der Waals surface area contributed by atoms with Crippen molar-refractivity contribution >= 4 is 7.60 Å². The summed E-state index contributed by atoms with van der Waals surface area (Å²) in [6.45, 7) is 1.76. The van der Waals surface area contributed by atoms with Gasteiger partial charge in [0.15, 0.2) is 0 Å². The highest BCUT2D eigenvalue weighted by Gasteiger charge is 2.26. The summed E-state index contributed by atoms with van der Waals surface area (Å²) in [5.41, 5.74) is 0.783. The smallest absolute Gasteiger partial charge is 0.324 e. The van der Waals surface area contributed by atoms with Gasteiger partial charge in [-0.15, -0.1) is 0 Å². The van der Waals surface area contributed by atoms with E-state index in [1.807, 2.05) is 0 Å². The van der Waals surface area contributed by atoms with Crippen LogP contribution in [0, 0.1) is 5.92 Å². The van der Waals surface area contributed by atoms with Gasteiger partial charge in [0.05, 0.1) is 6.16 Å². The number of rotatable bonds is 3. The van der Waals surface area contributed by atoms with Crippen molar-refractivity contribution in [3.05, 3.63) is 11.6 Å². The summed E-state index contributed by atoms with van der Waals surface area (Å²) in [6.07, 6.45) is 3.67. The standard InChI is InChI=1S/C10H18FO3P/c1-8(6-7-15(12,13)14)9-4-2-3-5-10(9)11/h6,9-10H,2-5,7H2,1H3,(H2,12,13,14). The molecule has 0 saturated heterocycles. The largest absolute Gasteiger partial charge is 0.329 e. The molecule has 3 nitrogen and oxygen atoms in total. The highest BCUT2D eigenvalue weighted by molar-refractivity contribution is 7.51. The molecule has 0 aromatic carbocycles. The molecule has 1 fully saturated rings. The van der Waals surface area contributed by atoms with Crippen LogP contribution in [0.4, 0.5) is 4.39 Å². The molecule has 5 heteroatoms. The Bertz CT molecular complexity index is 284. The lowest BCUT2D eigenvalue weighted by Gasteiger charge is -2.26. The number of allylic oxidation sites excluding steroid dienone is 2. The van der Waals surface area contributed by atoms with Crippen molar-refractivity contribution in [3.63, 3.8) is 0 Å². The quantitative estimate of drug-likeness (QED) is 0.585. The van der Waals surface area contributed by atoms with E-state index < -0.39 is 13.8 Å². The van der Waals surface area contributed by atoms with Crippen LogP contribution < -0.4 is 0 Å². The van der Waals surface area contributed by atoms with E-state index in [2.05, 4.69) is 0 Å². The van der Waals surface area contributed by atoms with Gasteiger partial charge in [0, 0.05) is 5.92 Å². The monoisotopic (exact) mass is 236 g/mol. The summed E-state index contributed by atoms with van der Waals surface area (Å²) < 4.78 is 24.1. The van der Waals surface area contributed by atoms with Gasteiger partial charge in [-0.05, 0) is 19.8 Å². The van der Waals surface area contributed by atoms with E-state index in [-0.39, 0.29) is 12.1 Å². The maximum absolute atomic E-state index is 13.5. The van der Waals surface area contributed by atoms with Crippen molar-refractivity contribution in [2.45, 2.75) is 38.8 Å². The lowest BCUT2D eigenvalue weighted by molar-refractivity contribution is 0.190. The molecule has 1 aliphatic rings. The average molecular weight is 236 g/mol. The molecule has 15 heavy (non-hydrogen) atoms. The van der Waals surface area contributed by atoms with Gasteiger partial charge in [-0.3, -0.25) is 4.57 Å². The van der Waals surface area contributed by atoms with Gasteiger partial charge in [0.1, 0.15) is 6.17 Å². The molecule has 0 amide bonds. The molecule has 88 valence electrons. The second-order valence-corrected chi connectivity index (χ2v) is 5.90. The first kappa shape index (κ1) is 12.9. The molecule has 2 N–H and O–H groups in total. The third-order valence-electron chi connectivity index (χ3n) is 2.92. The van der Waals surface area contributed by atoms with Gasteiger partial charge in [0.2, 0.25) is 0 Å². The first-order valence-electron chi connectivity index (χ1n) is 5.25. The third kappa shape index (κ3) is 4.45. The highest BCUT2D eigenvalue weighted by Crippen LogP contribution is 2.37. The van der Waals surface area contributed by atoms with Gasteiger partial charge < -0.3 is 9.79 Å². The van der Waals surface area contributed by atoms with Crippen LogP contribution >= 0.6 is 7.60 Å². The van der Waals surface area contributed by atoms with E-state index in [0.29, 0.717) is 6.42 Å². The Labute approximate surface area is 89.5 Å². The normalized spacial score (nSPS) is 29.2. The van der Waals surface area contributed by atoms with Crippen molar-refractivity contribution in [1.82, 2.24) is 0 Å². The van der Waals surface area contributed by atoms with E-state index in [1.54, 1.807) is 6.92 Å². The van der Waals surface area contributed by atoms with Gasteiger partial charge in [-0.25, -0.2) is 4.39 Å². The second-order valence-electron chi connectivity index (χ2n) is 4.20. The van der Waals surface area contributed by atoms with Crippen LogP contribution in [0.5, 0.6) is 0 Å². The van der Waals surface area contributed by atoms with Gasteiger partial charge in [0.25, 0.3) is 0 Å². The van der Waals surface area contributed by atoms with E-state index in [1.165, 1.54) is 6.08 Å². The third-order valence-corrected chi connectivity index (χ3v) is 3.58. The summed E-state index contributed by atoms with van der Waals surface area (Å²) in [7, 11) is -3.99. The molecule has 2 atom stereocenters. The van der Waals surface area contributed by atoms with Crippen molar-refractivity contribution in [2.75, 3.05) is 6.16 Å². The molecule has 0 radical (unpaired) electrons. The fraction of sp³-hybridized carbons (Fsp3) is 0.800. The predicted molar refractivity (Wildman–Crippen MR) is 57.5 cm³/mol. The van der Waals surface area contributed by atoms with Crippen LogP contribution in [0.3, 0.4) is 0 Å². The summed E-state index contributed by atoms with van der Waals surface area (Å²) in [5, 5.41) is 0. The average Bonchev–Trinajstić information content (AvgIpc) is 2.14. The van der Waals surface area contributed by atoms with Crippen LogP contribution in [0.15, 0.2) is 11.6 Å². The fourth-order valence-corrected chi connectivity index (χ4v) is 2.54. The maximum Gasteiger partial charge on any atom is 0.329 e. The number of hydrogen-bond donors (Lipinski definition) is 2. The van der Waals surface area contributed by atoms with E-state index in [0.717, 1.165) is 24.8 Å². The molecule has 2 unspecified atom stereocenters. The minimum absolute atomic E-state index is 0.134. The first-order valence-corrected chi connectivity index (χ1v) is 7.05. The molecular weight excluding hydrogens is 218 g/mol. The SMILES string of the molecule is CC(=CCP(=O)(O)O)C1CCCCC1F. The Balaban J connectivity index is 2.58. The number of hydrogen-bond acceptors (Lipinski definition) is 1. The van der Waals surface area contributed by atoms with Gasteiger partial charge >= 0.3 is 7.60 Å².